The van der Waals surface area contributed by atoms with Crippen LogP contribution in [0, 0.1) is 5.41 Å². The van der Waals surface area contributed by atoms with Crippen molar-refractivity contribution < 1.29 is 13.2 Å². The van der Waals surface area contributed by atoms with Crippen LogP contribution in [-0.2, 0) is 21.8 Å². The van der Waals surface area contributed by atoms with Gasteiger partial charge < -0.3 is 15.0 Å². The Hall–Kier alpha value is -4.55. The Morgan fingerprint density at radius 2 is 1.69 bits per heavy atom. The van der Waals surface area contributed by atoms with E-state index in [0.717, 1.165) is 54.9 Å². The summed E-state index contributed by atoms with van der Waals surface area (Å²) in [6, 6.07) is 13.6. The van der Waals surface area contributed by atoms with E-state index in [1.54, 1.807) is 53.1 Å². The molecular formula is C27H26N8O3S. The van der Waals surface area contributed by atoms with E-state index in [-0.39, 0.29) is 16.4 Å². The molecule has 6 rings (SSSR count). The molecule has 198 valence electrons. The first kappa shape index (κ1) is 24.8. The molecule has 0 amide bonds. The molecule has 0 bridgehead atoms. The van der Waals surface area contributed by atoms with Gasteiger partial charge in [-0.25, -0.2) is 4.98 Å². The summed E-state index contributed by atoms with van der Waals surface area (Å²) in [5, 5.41) is 11.9. The molecule has 1 aliphatic heterocycles. The summed E-state index contributed by atoms with van der Waals surface area (Å²) in [5.74, 6) is 0. The lowest BCUT2D eigenvalue weighted by molar-refractivity contribution is 0.122. The monoisotopic (exact) mass is 542 g/mol. The molecule has 0 spiro atoms. The van der Waals surface area contributed by atoms with E-state index in [9.17, 15) is 8.42 Å². The van der Waals surface area contributed by atoms with E-state index in [4.69, 9.17) is 10.1 Å². The number of aryl methyl sites for hydroxylation is 1. The zero-order chi connectivity index (χ0) is 27.0. The standard InChI is InChI=1S/C27H26N8O3S/c1-33-17-22(15-31-33)21-12-24(25(13-28)29-14-21)32-39(36,37)27-16-30-26-7-4-20(18-35(26)27)19-2-5-23(6-3-19)34-8-10-38-11-9-34/h2-7,12-18,28,32H,8-11H2,1H3. The molecule has 0 radical (unpaired) electrons. The lowest BCUT2D eigenvalue weighted by Gasteiger charge is -2.28. The molecular weight excluding hydrogens is 516 g/mol. The van der Waals surface area contributed by atoms with Crippen molar-refractivity contribution in [3.63, 3.8) is 0 Å². The summed E-state index contributed by atoms with van der Waals surface area (Å²) in [7, 11) is -2.28. The van der Waals surface area contributed by atoms with Crippen molar-refractivity contribution in [2.75, 3.05) is 35.9 Å². The number of aromatic nitrogens is 5. The molecule has 11 nitrogen and oxygen atoms in total. The summed E-state index contributed by atoms with van der Waals surface area (Å²) >= 11 is 0. The molecule has 5 heterocycles. The van der Waals surface area contributed by atoms with E-state index in [1.807, 2.05) is 18.2 Å². The SMILES string of the molecule is Cn1cc(-c2cnc(C=N)c(NS(=O)(=O)c3cnc4ccc(-c5ccc(N6CCOCC6)cc5)cn34)c2)cn1. The number of benzene rings is 1. The first-order valence-electron chi connectivity index (χ1n) is 12.3. The normalized spacial score (nSPS) is 14.0. The molecule has 1 fully saturated rings. The van der Waals surface area contributed by atoms with Crippen LogP contribution in [0.15, 0.2) is 78.5 Å². The number of hydrogen-bond donors (Lipinski definition) is 2. The Morgan fingerprint density at radius 1 is 0.923 bits per heavy atom. The maximum atomic E-state index is 13.6. The fourth-order valence-corrected chi connectivity index (χ4v) is 5.77. The Labute approximate surface area is 225 Å². The van der Waals surface area contributed by atoms with Gasteiger partial charge >= 0.3 is 0 Å². The van der Waals surface area contributed by atoms with Crippen LogP contribution in [0.2, 0.25) is 0 Å². The second-order valence-corrected chi connectivity index (χ2v) is 10.8. The van der Waals surface area contributed by atoms with Gasteiger partial charge in [0.2, 0.25) is 0 Å². The van der Waals surface area contributed by atoms with Gasteiger partial charge in [0.15, 0.2) is 5.03 Å². The van der Waals surface area contributed by atoms with Crippen molar-refractivity contribution >= 4 is 33.3 Å². The highest BCUT2D eigenvalue weighted by molar-refractivity contribution is 7.92. The number of fused-ring (bicyclic) bond motifs is 1. The van der Waals surface area contributed by atoms with Gasteiger partial charge in [-0.2, -0.15) is 13.5 Å². The molecule has 0 unspecified atom stereocenters. The van der Waals surface area contributed by atoms with E-state index in [2.05, 4.69) is 36.8 Å². The summed E-state index contributed by atoms with van der Waals surface area (Å²) in [6.45, 7) is 3.15. The first-order valence-corrected chi connectivity index (χ1v) is 13.8. The minimum Gasteiger partial charge on any atom is -0.378 e. The van der Waals surface area contributed by atoms with E-state index >= 15 is 0 Å². The second-order valence-electron chi connectivity index (χ2n) is 9.20. The summed E-state index contributed by atoms with van der Waals surface area (Å²) in [6.07, 6.45) is 9.16. The fraction of sp³-hybridized carbons (Fsp3) is 0.185. The largest absolute Gasteiger partial charge is 0.378 e. The number of nitrogens with zero attached hydrogens (tertiary/aromatic N) is 6. The Balaban J connectivity index is 1.32. The highest BCUT2D eigenvalue weighted by Gasteiger charge is 2.22. The second kappa shape index (κ2) is 9.97. The highest BCUT2D eigenvalue weighted by Crippen LogP contribution is 2.28. The third-order valence-corrected chi connectivity index (χ3v) is 8.00. The van der Waals surface area contributed by atoms with Crippen LogP contribution in [-0.4, -0.2) is 65.1 Å². The maximum absolute atomic E-state index is 13.6. The van der Waals surface area contributed by atoms with Crippen LogP contribution in [0.25, 0.3) is 27.9 Å². The Bertz CT molecular complexity index is 1770. The minimum atomic E-state index is -4.08. The number of nitrogens with one attached hydrogen (secondary N) is 2. The lowest BCUT2D eigenvalue weighted by Crippen LogP contribution is -2.36. The van der Waals surface area contributed by atoms with Gasteiger partial charge in [-0.15, -0.1) is 0 Å². The van der Waals surface area contributed by atoms with Crippen molar-refractivity contribution in [3.8, 4) is 22.3 Å². The predicted octanol–water partition coefficient (Wildman–Crippen LogP) is 3.43. The number of pyridine rings is 2. The summed E-state index contributed by atoms with van der Waals surface area (Å²) in [4.78, 5) is 10.8. The molecule has 5 aromatic rings. The zero-order valence-electron chi connectivity index (χ0n) is 21.2. The van der Waals surface area contributed by atoms with Crippen LogP contribution < -0.4 is 9.62 Å². The van der Waals surface area contributed by atoms with E-state index in [1.165, 1.54) is 6.20 Å². The van der Waals surface area contributed by atoms with Crippen molar-refractivity contribution in [3.05, 3.63) is 79.1 Å². The summed E-state index contributed by atoms with van der Waals surface area (Å²) in [5.41, 5.74) is 5.27. The number of morpholine rings is 1. The quantitative estimate of drug-likeness (QED) is 0.301. The molecule has 39 heavy (non-hydrogen) atoms. The summed E-state index contributed by atoms with van der Waals surface area (Å²) < 4.78 is 38.4. The smallest absolute Gasteiger partial charge is 0.279 e. The average molecular weight is 543 g/mol. The number of anilines is 2. The molecule has 1 aromatic carbocycles. The van der Waals surface area contributed by atoms with Gasteiger partial charge in [-0.05, 0) is 41.5 Å². The molecule has 0 saturated carbocycles. The fourth-order valence-electron chi connectivity index (χ4n) is 4.61. The lowest BCUT2D eigenvalue weighted by atomic mass is 10.1. The van der Waals surface area contributed by atoms with Gasteiger partial charge in [0, 0.05) is 61.8 Å². The number of imidazole rings is 1. The predicted molar refractivity (Wildman–Crippen MR) is 149 cm³/mol. The molecule has 12 heteroatoms. The van der Waals surface area contributed by atoms with Crippen LogP contribution in [0.5, 0.6) is 0 Å². The molecule has 4 aromatic heterocycles. The maximum Gasteiger partial charge on any atom is 0.279 e. The van der Waals surface area contributed by atoms with Crippen LogP contribution in [0.1, 0.15) is 5.69 Å². The van der Waals surface area contributed by atoms with Crippen LogP contribution >= 0.6 is 0 Å². The Morgan fingerprint density at radius 3 is 2.41 bits per heavy atom. The van der Waals surface area contributed by atoms with Crippen LogP contribution in [0.4, 0.5) is 11.4 Å². The number of rotatable bonds is 7. The van der Waals surface area contributed by atoms with E-state index < -0.39 is 10.0 Å². The van der Waals surface area contributed by atoms with E-state index in [0.29, 0.717) is 11.2 Å². The topological polar surface area (TPSA) is 130 Å². The van der Waals surface area contributed by atoms with Crippen molar-refractivity contribution in [2.24, 2.45) is 7.05 Å². The third kappa shape index (κ3) is 4.87. The Kier molecular flexibility index (Phi) is 6.33. The first-order chi connectivity index (χ1) is 18.9. The van der Waals surface area contributed by atoms with Gasteiger partial charge in [-0.3, -0.25) is 18.8 Å². The van der Waals surface area contributed by atoms with Gasteiger partial charge in [-0.1, -0.05) is 12.1 Å². The van der Waals surface area contributed by atoms with Crippen molar-refractivity contribution in [2.45, 2.75) is 5.03 Å². The van der Waals surface area contributed by atoms with Gasteiger partial charge in [0.05, 0.1) is 31.3 Å². The third-order valence-electron chi connectivity index (χ3n) is 6.66. The molecule has 1 aliphatic rings. The number of sulfonamides is 1. The van der Waals surface area contributed by atoms with Gasteiger partial charge in [0.25, 0.3) is 10.0 Å². The van der Waals surface area contributed by atoms with Crippen LogP contribution in [0.3, 0.4) is 0 Å². The average Bonchev–Trinajstić information content (AvgIpc) is 3.60. The van der Waals surface area contributed by atoms with Crippen molar-refractivity contribution in [1.82, 2.24) is 24.1 Å². The molecule has 0 aliphatic carbocycles. The van der Waals surface area contributed by atoms with Gasteiger partial charge in [0.1, 0.15) is 11.3 Å². The minimum absolute atomic E-state index is 0.0213. The number of ether oxygens (including phenoxy) is 1. The molecule has 0 atom stereocenters. The number of hydrogen-bond acceptors (Lipinski definition) is 8. The highest BCUT2D eigenvalue weighted by atomic mass is 32.2. The molecule has 2 N–H and O–H groups in total. The molecule has 1 saturated heterocycles. The van der Waals surface area contributed by atoms with Crippen molar-refractivity contribution in [1.29, 1.82) is 5.41 Å². The zero-order valence-corrected chi connectivity index (χ0v) is 22.0.